The first-order valence-corrected chi connectivity index (χ1v) is 0.612. The van der Waals surface area contributed by atoms with Crippen LogP contribution >= 0.6 is 0 Å². The Balaban J connectivity index is -0.0000000450. The van der Waals surface area contributed by atoms with Crippen LogP contribution < -0.4 is 39.8 Å². The van der Waals surface area contributed by atoms with E-state index in [-0.39, 0.29) is 60.7 Å². The Kier molecular flexibility index (Phi) is 25.0. The van der Waals surface area contributed by atoms with E-state index in [1.54, 1.807) is 0 Å². The van der Waals surface area contributed by atoms with Crippen molar-refractivity contribution >= 4 is 6.16 Å². The number of carboxylic acid groups (broad SMARTS) is 2. The van der Waals surface area contributed by atoms with Crippen molar-refractivity contribution in [2.75, 3.05) is 0 Å². The van der Waals surface area contributed by atoms with E-state index < -0.39 is 6.16 Å². The zero-order valence-corrected chi connectivity index (χ0v) is 9.39. The number of hydrogen-bond acceptors (Lipinski definition) is 3. The fraction of sp³-hybridized carbons (Fsp3) is 0. The van der Waals surface area contributed by atoms with E-state index in [4.69, 9.17) is 15.0 Å². The predicted octanol–water partition coefficient (Wildman–Crippen LogP) is -5.44. The quantitative estimate of drug-likeness (QED) is 0.419. The molecule has 0 radical (unpaired) electrons. The summed E-state index contributed by atoms with van der Waals surface area (Å²) in [6.45, 7) is 0. The van der Waals surface area contributed by atoms with Crippen LogP contribution in [0, 0.1) is 31.1 Å². The first-order valence-electron chi connectivity index (χ1n) is 0.612. The van der Waals surface area contributed by atoms with Crippen LogP contribution in [-0.4, -0.2) is 6.16 Å². The van der Waals surface area contributed by atoms with Crippen LogP contribution in [0.3, 0.4) is 0 Å². The summed E-state index contributed by atoms with van der Waals surface area (Å²) in [6, 6.07) is 0. The minimum absolute atomic E-state index is 0. The van der Waals surface area contributed by atoms with E-state index in [1.807, 2.05) is 0 Å². The Morgan fingerprint density at radius 2 is 1.33 bits per heavy atom. The summed E-state index contributed by atoms with van der Waals surface area (Å²) < 4.78 is 0. The van der Waals surface area contributed by atoms with Crippen LogP contribution in [0.15, 0.2) is 0 Å². The smallest absolute Gasteiger partial charge is 0.652 e. The molecule has 0 aromatic heterocycles. The number of hydrogen-bond donors (Lipinski definition) is 0. The Morgan fingerprint density at radius 1 is 1.33 bits per heavy atom. The second kappa shape index (κ2) is 9.59. The van der Waals surface area contributed by atoms with Gasteiger partial charge in [-0.1, -0.05) is 0 Å². The van der Waals surface area contributed by atoms with E-state index in [2.05, 4.69) is 0 Å². The first-order chi connectivity index (χ1) is 1.73. The average molecular weight is 321 g/mol. The maximum absolute atomic E-state index is 8.33. The van der Waals surface area contributed by atoms with E-state index in [0.717, 1.165) is 0 Å². The summed E-state index contributed by atoms with van der Waals surface area (Å²) in [5.41, 5.74) is 0. The third kappa shape index (κ3) is 56.9. The van der Waals surface area contributed by atoms with Crippen molar-refractivity contribution in [3.8, 4) is 0 Å². The molecule has 0 aliphatic carbocycles. The van der Waals surface area contributed by atoms with Crippen LogP contribution in [0.4, 0.5) is 4.79 Å². The second-order valence-corrected chi connectivity index (χ2v) is 0.250. The van der Waals surface area contributed by atoms with Gasteiger partial charge in [0.25, 0.3) is 0 Å². The van der Waals surface area contributed by atoms with Crippen molar-refractivity contribution in [1.82, 2.24) is 0 Å². The molecule has 0 saturated heterocycles. The van der Waals surface area contributed by atoms with E-state index in [9.17, 15) is 0 Å². The molecule has 0 aromatic carbocycles. The molecule has 0 atom stereocenters. The molecule has 3 nitrogen and oxygen atoms in total. The first kappa shape index (κ1) is 15.7. The minimum Gasteiger partial charge on any atom is -0.652 e. The third-order valence-corrected chi connectivity index (χ3v) is 0. The monoisotopic (exact) mass is 321 g/mol. The van der Waals surface area contributed by atoms with Gasteiger partial charge in [-0.3, -0.25) is 0 Å². The van der Waals surface area contributed by atoms with Gasteiger partial charge in [0, 0.05) is 31.1 Å². The van der Waals surface area contributed by atoms with Crippen molar-refractivity contribution in [1.29, 1.82) is 0 Å². The van der Waals surface area contributed by atoms with Gasteiger partial charge in [-0.05, 0) is 6.16 Å². The van der Waals surface area contributed by atoms with Crippen LogP contribution in [0.1, 0.15) is 0 Å². The molecule has 0 aliphatic heterocycles. The number of carbonyl (C=O) groups excluding carboxylic acids is 1. The molecule has 0 amide bonds. The van der Waals surface area contributed by atoms with E-state index in [1.165, 1.54) is 0 Å². The van der Waals surface area contributed by atoms with Crippen LogP contribution in [-0.2, 0) is 0 Å². The molecule has 0 spiro atoms. The molecule has 0 heterocycles. The summed E-state index contributed by atoms with van der Waals surface area (Å²) >= 11 is 0. The van der Waals surface area contributed by atoms with Crippen LogP contribution in [0.25, 0.3) is 0 Å². The van der Waals surface area contributed by atoms with E-state index >= 15 is 0 Å². The largest absolute Gasteiger partial charge is 1.00 e. The Morgan fingerprint density at radius 3 is 1.33 bits per heavy atom. The molecule has 28 valence electrons. The number of carbonyl (C=O) groups is 1. The molecular weight excluding hydrogens is 321 g/mol. The van der Waals surface area contributed by atoms with Gasteiger partial charge >= 0.3 is 29.6 Å². The van der Waals surface area contributed by atoms with Crippen molar-refractivity contribution in [2.45, 2.75) is 0 Å². The van der Waals surface area contributed by atoms with Gasteiger partial charge in [0.1, 0.15) is 0 Å². The summed E-state index contributed by atoms with van der Waals surface area (Å²) in [5, 5.41) is 16.7. The number of rotatable bonds is 0. The minimum atomic E-state index is -2.33. The average Bonchev–Trinajstić information content (AvgIpc) is 0.811. The molecule has 0 saturated carbocycles. The SMILES string of the molecule is O=C([O-])[O-].[Na+].[U]. The molecular formula is CNaO3U-. The molecule has 0 fully saturated rings. The standard InChI is InChI=1S/CH2O3.Na.U/c2-1(3)4;;/h(H2,2,3,4);;/q;+1;/p-2. The molecule has 6 heavy (non-hydrogen) atoms. The molecule has 0 N–H and O–H groups in total. The maximum atomic E-state index is 8.33. The molecule has 0 unspecified atom stereocenters. The van der Waals surface area contributed by atoms with E-state index in [0.29, 0.717) is 0 Å². The fourth-order valence-corrected chi connectivity index (χ4v) is 0. The zero-order valence-electron chi connectivity index (χ0n) is 3.22. The third-order valence-electron chi connectivity index (χ3n) is 0. The van der Waals surface area contributed by atoms with Gasteiger partial charge in [-0.15, -0.1) is 0 Å². The Hall–Kier alpha value is 1.32. The summed E-state index contributed by atoms with van der Waals surface area (Å²) in [4.78, 5) is 8.33. The van der Waals surface area contributed by atoms with Gasteiger partial charge in [0.05, 0.1) is 0 Å². The molecule has 0 aromatic rings. The molecule has 0 rings (SSSR count). The van der Waals surface area contributed by atoms with Gasteiger partial charge in [0.2, 0.25) is 0 Å². The van der Waals surface area contributed by atoms with Gasteiger partial charge in [-0.25, -0.2) is 0 Å². The van der Waals surface area contributed by atoms with Crippen LogP contribution in [0.2, 0.25) is 0 Å². The zero-order chi connectivity index (χ0) is 3.58. The molecule has 5 heteroatoms. The second-order valence-electron chi connectivity index (χ2n) is 0.250. The van der Waals surface area contributed by atoms with Crippen molar-refractivity contribution in [3.63, 3.8) is 0 Å². The summed E-state index contributed by atoms with van der Waals surface area (Å²) in [6.07, 6.45) is -2.33. The maximum Gasteiger partial charge on any atom is 1.00 e. The topological polar surface area (TPSA) is 63.2 Å². The molecule has 0 bridgehead atoms. The van der Waals surface area contributed by atoms with Crippen LogP contribution in [0.5, 0.6) is 0 Å². The van der Waals surface area contributed by atoms with Crippen molar-refractivity contribution in [2.24, 2.45) is 0 Å². The molecule has 0 aliphatic rings. The van der Waals surface area contributed by atoms with Crippen molar-refractivity contribution < 1.29 is 75.7 Å². The van der Waals surface area contributed by atoms with Gasteiger partial charge in [-0.2, -0.15) is 0 Å². The summed E-state index contributed by atoms with van der Waals surface area (Å²) in [7, 11) is 0. The van der Waals surface area contributed by atoms with Gasteiger partial charge < -0.3 is 15.0 Å². The Bertz CT molecular complexity index is 33.8. The normalized spacial score (nSPS) is 4.00. The Labute approximate surface area is 80.8 Å². The van der Waals surface area contributed by atoms with Crippen molar-refractivity contribution in [3.05, 3.63) is 0 Å². The summed E-state index contributed by atoms with van der Waals surface area (Å²) in [5.74, 6) is 0. The fourth-order valence-electron chi connectivity index (χ4n) is 0. The van der Waals surface area contributed by atoms with Gasteiger partial charge in [0.15, 0.2) is 0 Å². The predicted molar refractivity (Wildman–Crippen MR) is 5.40 cm³/mol.